The fraction of sp³-hybridized carbons (Fsp3) is 0.182. The third-order valence-electron chi connectivity index (χ3n) is 1.96. The molecular weight excluding hydrogens is 209 g/mol. The Morgan fingerprint density at radius 1 is 1.44 bits per heavy atom. The lowest BCUT2D eigenvalue weighted by Crippen LogP contribution is -2.15. The SMILES string of the molecule is NC/C=C/CNc1ccc(F)cc1C(N)=O. The standard InChI is InChI=1S/C11H14FN3O/c12-8-3-4-10(9(7-8)11(14)16)15-6-2-1-5-13/h1-4,7,15H,5-6,13H2,(H2,14,16)/b2-1+. The van der Waals surface area contributed by atoms with Gasteiger partial charge in [-0.25, -0.2) is 4.39 Å². The molecule has 4 nitrogen and oxygen atoms in total. The molecule has 0 bridgehead atoms. The van der Waals surface area contributed by atoms with Crippen molar-refractivity contribution in [3.63, 3.8) is 0 Å². The smallest absolute Gasteiger partial charge is 0.250 e. The van der Waals surface area contributed by atoms with Gasteiger partial charge in [0.25, 0.3) is 5.91 Å². The Balaban J connectivity index is 2.78. The van der Waals surface area contributed by atoms with Crippen LogP contribution in [-0.4, -0.2) is 19.0 Å². The quantitative estimate of drug-likeness (QED) is 0.647. The van der Waals surface area contributed by atoms with Gasteiger partial charge < -0.3 is 16.8 Å². The molecule has 16 heavy (non-hydrogen) atoms. The van der Waals surface area contributed by atoms with Crippen LogP contribution in [-0.2, 0) is 0 Å². The minimum absolute atomic E-state index is 0.140. The Hall–Kier alpha value is -1.88. The lowest BCUT2D eigenvalue weighted by Gasteiger charge is -2.07. The number of nitrogens with one attached hydrogen (secondary N) is 1. The molecule has 1 aromatic rings. The number of hydrogen-bond acceptors (Lipinski definition) is 3. The minimum Gasteiger partial charge on any atom is -0.381 e. The summed E-state index contributed by atoms with van der Waals surface area (Å²) in [6, 6.07) is 3.85. The minimum atomic E-state index is -0.662. The van der Waals surface area contributed by atoms with Crippen molar-refractivity contribution in [2.45, 2.75) is 0 Å². The van der Waals surface area contributed by atoms with E-state index in [1.807, 2.05) is 6.08 Å². The highest BCUT2D eigenvalue weighted by atomic mass is 19.1. The number of carbonyl (C=O) groups is 1. The number of rotatable bonds is 5. The van der Waals surface area contributed by atoms with Crippen molar-refractivity contribution >= 4 is 11.6 Å². The normalized spacial score (nSPS) is 10.6. The van der Waals surface area contributed by atoms with Gasteiger partial charge in [0.05, 0.1) is 5.56 Å². The summed E-state index contributed by atoms with van der Waals surface area (Å²) in [6.45, 7) is 0.955. The number of nitrogens with two attached hydrogens (primary N) is 2. The van der Waals surface area contributed by atoms with Crippen LogP contribution in [0.25, 0.3) is 0 Å². The highest BCUT2D eigenvalue weighted by molar-refractivity contribution is 5.98. The van der Waals surface area contributed by atoms with E-state index in [1.165, 1.54) is 12.1 Å². The summed E-state index contributed by atoms with van der Waals surface area (Å²) < 4.78 is 12.9. The maximum Gasteiger partial charge on any atom is 0.250 e. The van der Waals surface area contributed by atoms with Gasteiger partial charge in [0.15, 0.2) is 0 Å². The van der Waals surface area contributed by atoms with Gasteiger partial charge in [-0.1, -0.05) is 12.2 Å². The van der Waals surface area contributed by atoms with Gasteiger partial charge in [-0.15, -0.1) is 0 Å². The van der Waals surface area contributed by atoms with Gasteiger partial charge in [-0.05, 0) is 18.2 Å². The van der Waals surface area contributed by atoms with Crippen molar-refractivity contribution < 1.29 is 9.18 Å². The third kappa shape index (κ3) is 3.36. The molecule has 0 saturated heterocycles. The molecule has 0 atom stereocenters. The second kappa shape index (κ2) is 5.87. The Morgan fingerprint density at radius 2 is 2.19 bits per heavy atom. The van der Waals surface area contributed by atoms with Gasteiger partial charge in [-0.2, -0.15) is 0 Å². The summed E-state index contributed by atoms with van der Waals surface area (Å²) in [6.07, 6.45) is 3.59. The lowest BCUT2D eigenvalue weighted by molar-refractivity contribution is 0.100. The molecule has 5 N–H and O–H groups in total. The average Bonchev–Trinajstić information content (AvgIpc) is 2.26. The number of benzene rings is 1. The van der Waals surface area contributed by atoms with Gasteiger partial charge in [0.1, 0.15) is 5.82 Å². The van der Waals surface area contributed by atoms with E-state index in [-0.39, 0.29) is 5.56 Å². The van der Waals surface area contributed by atoms with Crippen molar-refractivity contribution in [1.82, 2.24) is 0 Å². The molecule has 0 aromatic heterocycles. The zero-order valence-electron chi connectivity index (χ0n) is 8.74. The first-order valence-electron chi connectivity index (χ1n) is 4.83. The zero-order valence-corrected chi connectivity index (χ0v) is 8.74. The predicted molar refractivity (Wildman–Crippen MR) is 61.6 cm³/mol. The fourth-order valence-electron chi connectivity index (χ4n) is 1.22. The van der Waals surface area contributed by atoms with Crippen molar-refractivity contribution in [2.24, 2.45) is 11.5 Å². The summed E-state index contributed by atoms with van der Waals surface area (Å²) in [5, 5.41) is 2.95. The van der Waals surface area contributed by atoms with Crippen LogP contribution in [0.1, 0.15) is 10.4 Å². The summed E-state index contributed by atoms with van der Waals surface area (Å²) >= 11 is 0. The molecule has 0 aliphatic heterocycles. The number of anilines is 1. The van der Waals surface area contributed by atoms with Gasteiger partial charge in [0, 0.05) is 18.8 Å². The van der Waals surface area contributed by atoms with Crippen molar-refractivity contribution in [3.05, 3.63) is 41.7 Å². The molecule has 0 spiro atoms. The Labute approximate surface area is 93.1 Å². The molecule has 1 amide bonds. The zero-order chi connectivity index (χ0) is 12.0. The van der Waals surface area contributed by atoms with Crippen LogP contribution < -0.4 is 16.8 Å². The van der Waals surface area contributed by atoms with Crippen LogP contribution in [0.2, 0.25) is 0 Å². The molecule has 0 unspecified atom stereocenters. The first kappa shape index (κ1) is 12.2. The van der Waals surface area contributed by atoms with Crippen LogP contribution in [0.3, 0.4) is 0 Å². The van der Waals surface area contributed by atoms with Gasteiger partial charge >= 0.3 is 0 Å². The molecule has 0 heterocycles. The van der Waals surface area contributed by atoms with Crippen LogP contribution in [0.5, 0.6) is 0 Å². The number of halogens is 1. The monoisotopic (exact) mass is 223 g/mol. The van der Waals surface area contributed by atoms with Crippen LogP contribution >= 0.6 is 0 Å². The molecule has 86 valence electrons. The van der Waals surface area contributed by atoms with Crippen LogP contribution in [0, 0.1) is 5.82 Å². The van der Waals surface area contributed by atoms with E-state index < -0.39 is 11.7 Å². The topological polar surface area (TPSA) is 81.1 Å². The lowest BCUT2D eigenvalue weighted by atomic mass is 10.1. The average molecular weight is 223 g/mol. The first-order chi connectivity index (χ1) is 7.65. The van der Waals surface area contributed by atoms with E-state index in [1.54, 1.807) is 6.08 Å². The van der Waals surface area contributed by atoms with Gasteiger partial charge in [0.2, 0.25) is 0 Å². The van der Waals surface area contributed by atoms with E-state index in [2.05, 4.69) is 5.32 Å². The number of primary amides is 1. The Kier molecular flexibility index (Phi) is 4.47. The molecule has 0 fully saturated rings. The maximum absolute atomic E-state index is 12.9. The summed E-state index contributed by atoms with van der Waals surface area (Å²) in [5.74, 6) is -1.15. The Morgan fingerprint density at radius 3 is 2.81 bits per heavy atom. The molecule has 1 aromatic carbocycles. The predicted octanol–water partition coefficient (Wildman–Crippen LogP) is 0.851. The highest BCUT2D eigenvalue weighted by Gasteiger charge is 2.08. The first-order valence-corrected chi connectivity index (χ1v) is 4.83. The van der Waals surface area contributed by atoms with Crippen molar-refractivity contribution in [2.75, 3.05) is 18.4 Å². The van der Waals surface area contributed by atoms with E-state index in [4.69, 9.17) is 11.5 Å². The summed E-state index contributed by atoms with van der Waals surface area (Å²) in [4.78, 5) is 11.0. The second-order valence-electron chi connectivity index (χ2n) is 3.14. The molecule has 1 rings (SSSR count). The molecule has 5 heteroatoms. The van der Waals surface area contributed by atoms with E-state index >= 15 is 0 Å². The maximum atomic E-state index is 12.9. The molecule has 0 saturated carbocycles. The number of carbonyl (C=O) groups excluding carboxylic acids is 1. The summed E-state index contributed by atoms with van der Waals surface area (Å²) in [5.41, 5.74) is 11.0. The van der Waals surface area contributed by atoms with Crippen LogP contribution in [0.4, 0.5) is 10.1 Å². The fourth-order valence-corrected chi connectivity index (χ4v) is 1.22. The van der Waals surface area contributed by atoms with Crippen LogP contribution in [0.15, 0.2) is 30.4 Å². The van der Waals surface area contributed by atoms with Crippen molar-refractivity contribution in [3.8, 4) is 0 Å². The van der Waals surface area contributed by atoms with E-state index in [9.17, 15) is 9.18 Å². The largest absolute Gasteiger partial charge is 0.381 e. The second-order valence-corrected chi connectivity index (χ2v) is 3.14. The number of hydrogen-bond donors (Lipinski definition) is 3. The molecular formula is C11H14FN3O. The summed E-state index contributed by atoms with van der Waals surface area (Å²) in [7, 11) is 0. The molecule has 0 radical (unpaired) electrons. The van der Waals surface area contributed by atoms with E-state index in [0.29, 0.717) is 18.8 Å². The van der Waals surface area contributed by atoms with Crippen molar-refractivity contribution in [1.29, 1.82) is 0 Å². The molecule has 0 aliphatic rings. The number of amides is 1. The highest BCUT2D eigenvalue weighted by Crippen LogP contribution is 2.16. The van der Waals surface area contributed by atoms with Gasteiger partial charge in [-0.3, -0.25) is 4.79 Å². The molecule has 0 aliphatic carbocycles. The Bertz CT molecular complexity index is 404. The van der Waals surface area contributed by atoms with E-state index in [0.717, 1.165) is 6.07 Å². The third-order valence-corrected chi connectivity index (χ3v) is 1.96.